The maximum atomic E-state index is 13.3. The van der Waals surface area contributed by atoms with E-state index in [4.69, 9.17) is 0 Å². The summed E-state index contributed by atoms with van der Waals surface area (Å²) in [6, 6.07) is 22.7. The Hall–Kier alpha value is -4.19. The topological polar surface area (TPSA) is 76.0 Å². The zero-order valence-electron chi connectivity index (χ0n) is 19.1. The Kier molecular flexibility index (Phi) is 6.09. The predicted octanol–water partition coefficient (Wildman–Crippen LogP) is 5.61. The van der Waals surface area contributed by atoms with Crippen molar-refractivity contribution in [3.63, 3.8) is 0 Å². The van der Waals surface area contributed by atoms with Gasteiger partial charge >= 0.3 is 0 Å². The lowest BCUT2D eigenvalue weighted by molar-refractivity contribution is 0.0988. The zero-order valence-corrected chi connectivity index (χ0v) is 19.1. The number of nitrogens with one attached hydrogen (secondary N) is 2. The first-order valence-corrected chi connectivity index (χ1v) is 10.7. The van der Waals surface area contributed by atoms with Gasteiger partial charge in [0.05, 0.1) is 16.9 Å². The highest BCUT2D eigenvalue weighted by atomic mass is 16.2. The Labute approximate surface area is 193 Å². The highest BCUT2D eigenvalue weighted by molar-refractivity contribution is 6.15. The summed E-state index contributed by atoms with van der Waals surface area (Å²) in [5.74, 6) is -0.828. The van der Waals surface area contributed by atoms with E-state index in [0.29, 0.717) is 17.1 Å². The molecule has 1 aromatic heterocycles. The molecule has 4 aromatic rings. The minimum Gasteiger partial charge on any atom is -0.322 e. The van der Waals surface area contributed by atoms with Crippen LogP contribution in [0.4, 0.5) is 11.4 Å². The summed E-state index contributed by atoms with van der Waals surface area (Å²) in [5.41, 5.74) is 6.24. The van der Waals surface area contributed by atoms with E-state index in [2.05, 4.69) is 15.7 Å². The normalized spacial score (nSPS) is 10.7. The second-order valence-electron chi connectivity index (χ2n) is 8.20. The van der Waals surface area contributed by atoms with Gasteiger partial charge < -0.3 is 10.6 Å². The van der Waals surface area contributed by atoms with Crippen LogP contribution in [0.25, 0.3) is 5.69 Å². The number of aryl methyl sites for hydroxylation is 3. The van der Waals surface area contributed by atoms with Crippen molar-refractivity contribution in [3.8, 4) is 5.69 Å². The monoisotopic (exact) mass is 438 g/mol. The minimum atomic E-state index is -0.443. The molecule has 166 valence electrons. The van der Waals surface area contributed by atoms with Gasteiger partial charge in [0.25, 0.3) is 11.8 Å². The van der Waals surface area contributed by atoms with Crippen LogP contribution >= 0.6 is 0 Å². The van der Waals surface area contributed by atoms with E-state index in [1.54, 1.807) is 11.6 Å². The van der Waals surface area contributed by atoms with E-state index in [9.17, 15) is 9.59 Å². The maximum absolute atomic E-state index is 13.3. The molecule has 1 heterocycles. The first-order valence-electron chi connectivity index (χ1n) is 10.7. The van der Waals surface area contributed by atoms with Crippen LogP contribution in [0.3, 0.4) is 0 Å². The molecule has 4 rings (SSSR count). The van der Waals surface area contributed by atoms with Gasteiger partial charge in [-0.1, -0.05) is 53.1 Å². The lowest BCUT2D eigenvalue weighted by Crippen LogP contribution is -2.20. The molecule has 2 amide bonds. The molecule has 3 aromatic carbocycles. The third-order valence-electron chi connectivity index (χ3n) is 5.46. The number of carbonyl (C=O) groups excluding carboxylic acids is 2. The molecule has 33 heavy (non-hydrogen) atoms. The van der Waals surface area contributed by atoms with Gasteiger partial charge in [0.15, 0.2) is 5.69 Å². The molecule has 0 saturated carbocycles. The zero-order chi connectivity index (χ0) is 23.5. The maximum Gasteiger partial charge on any atom is 0.277 e. The van der Waals surface area contributed by atoms with Crippen LogP contribution in [0, 0.1) is 27.7 Å². The van der Waals surface area contributed by atoms with Crippen LogP contribution in [0.15, 0.2) is 72.8 Å². The number of hydrogen-bond donors (Lipinski definition) is 2. The van der Waals surface area contributed by atoms with Gasteiger partial charge in [-0.2, -0.15) is 5.10 Å². The van der Waals surface area contributed by atoms with Gasteiger partial charge in [-0.25, -0.2) is 4.68 Å². The highest BCUT2D eigenvalue weighted by Gasteiger charge is 2.27. The fraction of sp³-hybridized carbons (Fsp3) is 0.148. The second kappa shape index (κ2) is 9.12. The molecule has 0 radical (unpaired) electrons. The standard InChI is InChI=1S/C27H26N4O2/c1-17-5-11-21(12-6-17)28-26(32)24-20(4)31(23-15-9-19(3)10-16-23)30-25(24)27(33)29-22-13-7-18(2)8-14-22/h5-16H,1-4H3,(H,28,32)(H,29,33). The van der Waals surface area contributed by atoms with E-state index < -0.39 is 5.91 Å². The molecule has 6 heteroatoms. The number of hydrogen-bond acceptors (Lipinski definition) is 3. The van der Waals surface area contributed by atoms with Gasteiger partial charge in [-0.15, -0.1) is 0 Å². The Bertz CT molecular complexity index is 1300. The SMILES string of the molecule is Cc1ccc(NC(=O)c2nn(-c3ccc(C)cc3)c(C)c2C(=O)Nc2ccc(C)cc2)cc1. The molecule has 0 spiro atoms. The Morgan fingerprint density at radius 1 is 0.636 bits per heavy atom. The van der Waals surface area contributed by atoms with Gasteiger partial charge in [-0.3, -0.25) is 9.59 Å². The van der Waals surface area contributed by atoms with Crippen molar-refractivity contribution in [3.05, 3.63) is 106 Å². The summed E-state index contributed by atoms with van der Waals surface area (Å²) >= 11 is 0. The van der Waals surface area contributed by atoms with Crippen molar-refractivity contribution in [1.29, 1.82) is 0 Å². The Morgan fingerprint density at radius 2 is 1.06 bits per heavy atom. The van der Waals surface area contributed by atoms with Crippen molar-refractivity contribution in [2.45, 2.75) is 27.7 Å². The molecule has 0 fully saturated rings. The average Bonchev–Trinajstić information content (AvgIpc) is 3.15. The van der Waals surface area contributed by atoms with E-state index in [0.717, 1.165) is 22.4 Å². The van der Waals surface area contributed by atoms with Gasteiger partial charge in [0.2, 0.25) is 0 Å². The summed E-state index contributed by atoms with van der Waals surface area (Å²) in [5, 5.41) is 10.3. The number of benzene rings is 3. The van der Waals surface area contributed by atoms with E-state index in [1.807, 2.05) is 93.6 Å². The molecule has 0 aliphatic heterocycles. The summed E-state index contributed by atoms with van der Waals surface area (Å²) in [7, 11) is 0. The van der Waals surface area contributed by atoms with E-state index in [-0.39, 0.29) is 17.2 Å². The quantitative estimate of drug-likeness (QED) is 0.425. The van der Waals surface area contributed by atoms with Crippen molar-refractivity contribution in [1.82, 2.24) is 9.78 Å². The third kappa shape index (κ3) is 4.85. The summed E-state index contributed by atoms with van der Waals surface area (Å²) < 4.78 is 1.63. The number of anilines is 2. The van der Waals surface area contributed by atoms with Crippen LogP contribution in [-0.2, 0) is 0 Å². The van der Waals surface area contributed by atoms with Gasteiger partial charge in [-0.05, 0) is 64.1 Å². The van der Waals surface area contributed by atoms with Crippen LogP contribution < -0.4 is 10.6 Å². The predicted molar refractivity (Wildman–Crippen MR) is 131 cm³/mol. The smallest absolute Gasteiger partial charge is 0.277 e. The van der Waals surface area contributed by atoms with Crippen molar-refractivity contribution in [2.24, 2.45) is 0 Å². The van der Waals surface area contributed by atoms with E-state index in [1.165, 1.54) is 0 Å². The molecular weight excluding hydrogens is 412 g/mol. The van der Waals surface area contributed by atoms with Crippen molar-refractivity contribution >= 4 is 23.2 Å². The lowest BCUT2D eigenvalue weighted by atomic mass is 10.1. The van der Waals surface area contributed by atoms with Gasteiger partial charge in [0.1, 0.15) is 0 Å². The lowest BCUT2D eigenvalue weighted by Gasteiger charge is -2.08. The van der Waals surface area contributed by atoms with E-state index >= 15 is 0 Å². The van der Waals surface area contributed by atoms with Crippen LogP contribution in [0.5, 0.6) is 0 Å². The molecular formula is C27H26N4O2. The molecule has 6 nitrogen and oxygen atoms in total. The molecule has 0 saturated heterocycles. The largest absolute Gasteiger partial charge is 0.322 e. The molecule has 0 aliphatic carbocycles. The summed E-state index contributed by atoms with van der Waals surface area (Å²) in [6.45, 7) is 7.75. The Morgan fingerprint density at radius 3 is 1.55 bits per heavy atom. The number of nitrogens with zero attached hydrogens (tertiary/aromatic N) is 2. The minimum absolute atomic E-state index is 0.0678. The van der Waals surface area contributed by atoms with Crippen molar-refractivity contribution < 1.29 is 9.59 Å². The number of aromatic nitrogens is 2. The molecule has 2 N–H and O–H groups in total. The molecule has 0 unspecified atom stereocenters. The summed E-state index contributed by atoms with van der Waals surface area (Å²) in [4.78, 5) is 26.5. The number of amides is 2. The molecule has 0 bridgehead atoms. The Balaban J connectivity index is 1.74. The second-order valence-corrected chi connectivity index (χ2v) is 8.20. The first-order chi connectivity index (χ1) is 15.8. The average molecular weight is 439 g/mol. The van der Waals surface area contributed by atoms with Crippen LogP contribution in [0.1, 0.15) is 43.2 Å². The van der Waals surface area contributed by atoms with Crippen molar-refractivity contribution in [2.75, 3.05) is 10.6 Å². The van der Waals surface area contributed by atoms with Crippen LogP contribution in [0.2, 0.25) is 0 Å². The fourth-order valence-electron chi connectivity index (χ4n) is 3.53. The first kappa shape index (κ1) is 22.0. The molecule has 0 atom stereocenters. The highest BCUT2D eigenvalue weighted by Crippen LogP contribution is 2.22. The van der Waals surface area contributed by atoms with Crippen LogP contribution in [-0.4, -0.2) is 21.6 Å². The van der Waals surface area contributed by atoms with Gasteiger partial charge in [0, 0.05) is 11.4 Å². The fourth-order valence-corrected chi connectivity index (χ4v) is 3.53. The summed E-state index contributed by atoms with van der Waals surface area (Å²) in [6.07, 6.45) is 0. The number of carbonyl (C=O) groups is 2. The number of rotatable bonds is 5. The third-order valence-corrected chi connectivity index (χ3v) is 5.46. The molecule has 0 aliphatic rings.